The van der Waals surface area contributed by atoms with Gasteiger partial charge in [-0.25, -0.2) is 53.5 Å². The first kappa shape index (κ1) is 36.5. The summed E-state index contributed by atoms with van der Waals surface area (Å²) >= 11 is 0. The van der Waals surface area contributed by atoms with Gasteiger partial charge in [-0.2, -0.15) is 0 Å². The molecule has 282 valence electrons. The van der Waals surface area contributed by atoms with Crippen LogP contribution in [0.4, 0.5) is 43.9 Å². The van der Waals surface area contributed by atoms with Crippen LogP contribution < -0.4 is 9.47 Å². The normalized spacial score (nSPS) is 16.2. The van der Waals surface area contributed by atoms with Gasteiger partial charge in [0.15, 0.2) is 46.5 Å². The molecule has 0 saturated heterocycles. The van der Waals surface area contributed by atoms with E-state index in [-0.39, 0.29) is 17.5 Å². The predicted octanol–water partition coefficient (Wildman–Crippen LogP) is 10.2. The van der Waals surface area contributed by atoms with Gasteiger partial charge >= 0.3 is 11.9 Å². The van der Waals surface area contributed by atoms with E-state index < -0.39 is 104 Å². The minimum Gasteiger partial charge on any atom is -0.422 e. The molecule has 0 fully saturated rings. The van der Waals surface area contributed by atoms with E-state index in [1.54, 1.807) is 60.7 Å². The van der Waals surface area contributed by atoms with Gasteiger partial charge in [0.1, 0.15) is 22.6 Å². The Bertz CT molecular complexity index is 2590. The second kappa shape index (κ2) is 13.1. The maximum atomic E-state index is 14.9. The average molecular weight is 779 g/mol. The standard InChI is InChI=1S/C42H20F10O4/c1-17-10-12-18(13-11-17)16-42-21-8-4-2-6-19(21)25(20-7-3-5-9-22(20)42)26-23(55-40(53)27-30(43)34(47)38(51)35(48)31(27)44)14-15-24(29(26)42)56-41(54)28-32(45)36(49)39(52)37(50)33(28)46/h2-15,25H,16H2,1H3. The summed E-state index contributed by atoms with van der Waals surface area (Å²) in [5, 5.41) is 0. The molecular weight excluding hydrogens is 758 g/mol. The smallest absolute Gasteiger partial charge is 0.349 e. The fraction of sp³-hybridized carbons (Fsp3) is 0.0952. The summed E-state index contributed by atoms with van der Waals surface area (Å²) in [6.07, 6.45) is 0.0309. The molecular formula is C42H20F10O4. The van der Waals surface area contributed by atoms with Crippen LogP contribution in [0.3, 0.4) is 0 Å². The number of carbonyl (C=O) groups excluding carboxylic acids is 2. The number of rotatable bonds is 6. The highest BCUT2D eigenvalue weighted by Gasteiger charge is 2.55. The van der Waals surface area contributed by atoms with Crippen molar-refractivity contribution in [2.45, 2.75) is 24.7 Å². The monoisotopic (exact) mass is 778 g/mol. The van der Waals surface area contributed by atoms with Gasteiger partial charge in [0.2, 0.25) is 11.6 Å². The lowest BCUT2D eigenvalue weighted by molar-refractivity contribution is 0.0700. The van der Waals surface area contributed by atoms with Crippen LogP contribution in [0.2, 0.25) is 0 Å². The SMILES string of the molecule is Cc1ccc(CC23c4ccccc4C(c4ccccc42)c2c(OC(=O)c4c(F)c(F)c(F)c(F)c4F)ccc(OC(=O)c4c(F)c(F)c(F)c(F)c4F)c23)cc1. The third kappa shape index (κ3) is 5.15. The molecule has 0 radical (unpaired) electrons. The highest BCUT2D eigenvalue weighted by atomic mass is 19.2. The Balaban J connectivity index is 1.41. The molecule has 2 bridgehead atoms. The predicted molar refractivity (Wildman–Crippen MR) is 177 cm³/mol. The second-order valence-corrected chi connectivity index (χ2v) is 13.2. The number of esters is 2. The molecule has 6 aromatic rings. The van der Waals surface area contributed by atoms with Crippen molar-refractivity contribution >= 4 is 11.9 Å². The van der Waals surface area contributed by atoms with E-state index in [2.05, 4.69) is 0 Å². The van der Waals surface area contributed by atoms with E-state index in [9.17, 15) is 53.5 Å². The maximum absolute atomic E-state index is 14.9. The van der Waals surface area contributed by atoms with Crippen molar-refractivity contribution in [2.75, 3.05) is 0 Å². The van der Waals surface area contributed by atoms with Gasteiger partial charge in [-0.3, -0.25) is 0 Å². The van der Waals surface area contributed by atoms with E-state index in [0.717, 1.165) is 17.7 Å². The van der Waals surface area contributed by atoms with Crippen LogP contribution in [0.1, 0.15) is 71.1 Å². The van der Waals surface area contributed by atoms with Crippen LogP contribution in [-0.4, -0.2) is 11.9 Å². The van der Waals surface area contributed by atoms with Crippen LogP contribution in [0.25, 0.3) is 0 Å². The zero-order valence-corrected chi connectivity index (χ0v) is 28.3. The molecule has 0 aromatic heterocycles. The number of benzene rings is 6. The summed E-state index contributed by atoms with van der Waals surface area (Å²) in [6.45, 7) is 1.84. The van der Waals surface area contributed by atoms with Gasteiger partial charge in [0.05, 0.1) is 5.41 Å². The van der Waals surface area contributed by atoms with Crippen LogP contribution >= 0.6 is 0 Å². The van der Waals surface area contributed by atoms with Crippen molar-refractivity contribution in [3.63, 3.8) is 0 Å². The number of hydrogen-bond acceptors (Lipinski definition) is 4. The lowest BCUT2D eigenvalue weighted by Gasteiger charge is -2.51. The van der Waals surface area contributed by atoms with E-state index in [1.165, 1.54) is 0 Å². The van der Waals surface area contributed by atoms with Gasteiger partial charge in [-0.1, -0.05) is 78.4 Å². The van der Waals surface area contributed by atoms with Gasteiger partial charge in [-0.15, -0.1) is 0 Å². The highest BCUT2D eigenvalue weighted by Crippen LogP contribution is 2.64. The molecule has 0 spiro atoms. The van der Waals surface area contributed by atoms with Crippen LogP contribution in [0.15, 0.2) is 84.9 Å². The quantitative estimate of drug-likeness (QED) is 0.0556. The van der Waals surface area contributed by atoms with Crippen LogP contribution in [0, 0.1) is 65.1 Å². The van der Waals surface area contributed by atoms with Gasteiger partial charge in [0, 0.05) is 17.0 Å². The number of carbonyl (C=O) groups is 2. The highest BCUT2D eigenvalue weighted by molar-refractivity contribution is 5.94. The molecule has 9 rings (SSSR count). The fourth-order valence-electron chi connectivity index (χ4n) is 7.81. The third-order valence-corrected chi connectivity index (χ3v) is 10.2. The fourth-order valence-corrected chi connectivity index (χ4v) is 7.81. The third-order valence-electron chi connectivity index (χ3n) is 10.2. The Hall–Kier alpha value is -6.44. The lowest BCUT2D eigenvalue weighted by atomic mass is 9.51. The largest absolute Gasteiger partial charge is 0.422 e. The number of halogens is 10. The lowest BCUT2D eigenvalue weighted by Crippen LogP contribution is -2.44. The zero-order valence-electron chi connectivity index (χ0n) is 28.3. The molecule has 56 heavy (non-hydrogen) atoms. The van der Waals surface area contributed by atoms with Crippen molar-refractivity contribution < 1.29 is 63.0 Å². The zero-order chi connectivity index (χ0) is 40.0. The Morgan fingerprint density at radius 3 is 1.38 bits per heavy atom. The minimum absolute atomic E-state index is 0.0274. The first-order valence-corrected chi connectivity index (χ1v) is 16.6. The molecule has 0 heterocycles. The molecule has 0 amide bonds. The van der Waals surface area contributed by atoms with Crippen molar-refractivity contribution in [3.8, 4) is 11.5 Å². The number of hydrogen-bond donors (Lipinski definition) is 0. The van der Waals surface area contributed by atoms with Crippen LogP contribution in [-0.2, 0) is 11.8 Å². The second-order valence-electron chi connectivity index (χ2n) is 13.2. The van der Waals surface area contributed by atoms with Gasteiger partial charge in [-0.05, 0) is 53.3 Å². The summed E-state index contributed by atoms with van der Waals surface area (Å²) in [4.78, 5) is 27.0. The molecule has 4 nitrogen and oxygen atoms in total. The summed E-state index contributed by atoms with van der Waals surface area (Å²) in [5.41, 5.74) is -1.45. The first-order valence-electron chi connectivity index (χ1n) is 16.6. The molecule has 6 aromatic carbocycles. The van der Waals surface area contributed by atoms with E-state index in [1.807, 2.05) is 19.1 Å². The van der Waals surface area contributed by atoms with Crippen molar-refractivity contribution in [1.82, 2.24) is 0 Å². The van der Waals surface area contributed by atoms with E-state index >= 15 is 0 Å². The minimum atomic E-state index is -2.52. The number of aryl methyl sites for hydroxylation is 1. The molecule has 3 aliphatic rings. The maximum Gasteiger partial charge on any atom is 0.349 e. The summed E-state index contributed by atoms with van der Waals surface area (Å²) in [6, 6.07) is 22.8. The topological polar surface area (TPSA) is 52.6 Å². The molecule has 0 aliphatic heterocycles. The number of ether oxygens (including phenoxy) is 2. The molecule has 0 unspecified atom stereocenters. The van der Waals surface area contributed by atoms with Gasteiger partial charge in [0.25, 0.3) is 0 Å². The summed E-state index contributed by atoms with van der Waals surface area (Å²) < 4.78 is 155. The Kier molecular flexibility index (Phi) is 8.55. The summed E-state index contributed by atoms with van der Waals surface area (Å²) in [5.74, 6) is -30.5. The Morgan fingerprint density at radius 2 is 0.911 bits per heavy atom. The first-order chi connectivity index (χ1) is 26.7. The molecule has 3 aliphatic carbocycles. The van der Waals surface area contributed by atoms with Crippen molar-refractivity contribution in [2.24, 2.45) is 0 Å². The Morgan fingerprint density at radius 1 is 0.518 bits per heavy atom. The van der Waals surface area contributed by atoms with E-state index in [4.69, 9.17) is 9.47 Å². The molecule has 14 heteroatoms. The molecule has 0 atom stereocenters. The van der Waals surface area contributed by atoms with Crippen LogP contribution in [0.5, 0.6) is 11.5 Å². The van der Waals surface area contributed by atoms with E-state index in [0.29, 0.717) is 27.8 Å². The van der Waals surface area contributed by atoms with Gasteiger partial charge < -0.3 is 9.47 Å². The van der Waals surface area contributed by atoms with Crippen molar-refractivity contribution in [3.05, 3.63) is 199 Å². The van der Waals surface area contributed by atoms with Crippen molar-refractivity contribution in [1.29, 1.82) is 0 Å². The summed E-state index contributed by atoms with van der Waals surface area (Å²) in [7, 11) is 0. The molecule has 0 saturated carbocycles. The molecule has 0 N–H and O–H groups in total. The average Bonchev–Trinajstić information content (AvgIpc) is 3.19. The Labute approximate surface area is 309 Å².